The molecule has 1 aromatic carbocycles. The lowest BCUT2D eigenvalue weighted by Gasteiger charge is -2.27. The molecule has 0 spiro atoms. The largest absolute Gasteiger partial charge is 0.455 e. The number of benzene rings is 1. The van der Waals surface area contributed by atoms with Crippen molar-refractivity contribution in [1.82, 2.24) is 5.32 Å². The molecule has 0 heterocycles. The van der Waals surface area contributed by atoms with Gasteiger partial charge in [0.05, 0.1) is 12.0 Å². The molecule has 0 atom stereocenters. The molecule has 116 valence electrons. The lowest BCUT2D eigenvalue weighted by molar-refractivity contribution is -0.154. The summed E-state index contributed by atoms with van der Waals surface area (Å²) >= 11 is 0. The molecular weight excluding hydrogens is 285 g/mol. The van der Waals surface area contributed by atoms with E-state index in [2.05, 4.69) is 11.2 Å². The predicted octanol–water partition coefficient (Wildman–Crippen LogP) is 1.93. The first kappa shape index (κ1) is 16.0. The zero-order chi connectivity index (χ0) is 16.0. The van der Waals surface area contributed by atoms with Crippen molar-refractivity contribution in [3.63, 3.8) is 0 Å². The van der Waals surface area contributed by atoms with Crippen molar-refractivity contribution in [2.45, 2.75) is 31.1 Å². The molecule has 0 saturated heterocycles. The highest BCUT2D eigenvalue weighted by molar-refractivity contribution is 5.86. The van der Waals surface area contributed by atoms with E-state index >= 15 is 0 Å². The molecule has 4 nitrogen and oxygen atoms in total. The van der Waals surface area contributed by atoms with Crippen LogP contribution in [0.3, 0.4) is 0 Å². The number of halogens is 1. The Hall–Kier alpha value is -2.35. The summed E-state index contributed by atoms with van der Waals surface area (Å²) in [6, 6.07) is 5.89. The Bertz CT molecular complexity index is 583. The van der Waals surface area contributed by atoms with E-state index in [1.54, 1.807) is 12.1 Å². The van der Waals surface area contributed by atoms with Gasteiger partial charge in [0.15, 0.2) is 6.61 Å². The third-order valence-corrected chi connectivity index (χ3v) is 3.97. The average molecular weight is 303 g/mol. The van der Waals surface area contributed by atoms with Gasteiger partial charge < -0.3 is 10.1 Å². The summed E-state index contributed by atoms with van der Waals surface area (Å²) in [7, 11) is 0. The number of carbonyl (C=O) groups excluding carboxylic acids is 2. The highest BCUT2D eigenvalue weighted by Gasteiger charge is 2.44. The molecule has 1 N–H and O–H groups in total. The molecule has 1 aromatic rings. The van der Waals surface area contributed by atoms with Crippen LogP contribution in [0.1, 0.15) is 31.2 Å². The van der Waals surface area contributed by atoms with Gasteiger partial charge in [0.1, 0.15) is 5.82 Å². The third kappa shape index (κ3) is 3.45. The first-order chi connectivity index (χ1) is 10.6. The van der Waals surface area contributed by atoms with Crippen molar-refractivity contribution in [3.8, 4) is 12.3 Å². The van der Waals surface area contributed by atoms with Gasteiger partial charge in [0.2, 0.25) is 0 Å². The minimum absolute atomic E-state index is 0.0967. The first-order valence-electron chi connectivity index (χ1n) is 7.22. The van der Waals surface area contributed by atoms with Crippen LogP contribution in [-0.4, -0.2) is 25.0 Å². The Balaban J connectivity index is 2.07. The highest BCUT2D eigenvalue weighted by atomic mass is 19.1. The molecule has 1 fully saturated rings. The number of nitrogens with one attached hydrogen (secondary N) is 1. The van der Waals surface area contributed by atoms with Gasteiger partial charge in [-0.2, -0.15) is 0 Å². The Morgan fingerprint density at radius 2 is 1.91 bits per heavy atom. The molecule has 0 radical (unpaired) electrons. The van der Waals surface area contributed by atoms with Gasteiger partial charge >= 0.3 is 5.97 Å². The minimum atomic E-state index is -0.778. The maximum atomic E-state index is 13.1. The zero-order valence-electron chi connectivity index (χ0n) is 12.2. The first-order valence-corrected chi connectivity index (χ1v) is 7.22. The van der Waals surface area contributed by atoms with Crippen LogP contribution in [0.25, 0.3) is 0 Å². The van der Waals surface area contributed by atoms with E-state index in [1.165, 1.54) is 12.1 Å². The van der Waals surface area contributed by atoms with E-state index in [4.69, 9.17) is 11.2 Å². The molecule has 22 heavy (non-hydrogen) atoms. The monoisotopic (exact) mass is 303 g/mol. The van der Waals surface area contributed by atoms with Gasteiger partial charge in [0.25, 0.3) is 5.91 Å². The van der Waals surface area contributed by atoms with Gasteiger partial charge in [-0.25, -0.2) is 4.39 Å². The quantitative estimate of drug-likeness (QED) is 0.668. The highest BCUT2D eigenvalue weighted by Crippen LogP contribution is 2.42. The van der Waals surface area contributed by atoms with Crippen LogP contribution in [0.15, 0.2) is 24.3 Å². The van der Waals surface area contributed by atoms with Crippen molar-refractivity contribution in [2.75, 3.05) is 13.2 Å². The smallest absolute Gasteiger partial charge is 0.317 e. The fourth-order valence-corrected chi connectivity index (χ4v) is 2.83. The van der Waals surface area contributed by atoms with Crippen molar-refractivity contribution in [3.05, 3.63) is 35.6 Å². The van der Waals surface area contributed by atoms with Crippen molar-refractivity contribution in [2.24, 2.45) is 0 Å². The van der Waals surface area contributed by atoms with E-state index in [9.17, 15) is 14.0 Å². The molecule has 1 aliphatic carbocycles. The number of hydrogen-bond acceptors (Lipinski definition) is 3. The van der Waals surface area contributed by atoms with Gasteiger partial charge in [-0.3, -0.25) is 9.59 Å². The van der Waals surface area contributed by atoms with Crippen molar-refractivity contribution in [1.29, 1.82) is 0 Å². The SMILES string of the molecule is C#CCNC(=O)COC(=O)C1(c2ccc(F)cc2)CCCC1. The summed E-state index contributed by atoms with van der Waals surface area (Å²) in [6.45, 7) is -0.261. The van der Waals surface area contributed by atoms with E-state index in [0.29, 0.717) is 12.8 Å². The molecule has 0 aliphatic heterocycles. The minimum Gasteiger partial charge on any atom is -0.455 e. The number of terminal acetylenes is 1. The van der Waals surface area contributed by atoms with Crippen LogP contribution in [0.5, 0.6) is 0 Å². The van der Waals surface area contributed by atoms with Gasteiger partial charge in [-0.1, -0.05) is 30.9 Å². The Labute approximate surface area is 129 Å². The lowest BCUT2D eigenvalue weighted by Crippen LogP contribution is -2.37. The van der Waals surface area contributed by atoms with E-state index in [1.807, 2.05) is 0 Å². The summed E-state index contributed by atoms with van der Waals surface area (Å²) in [5, 5.41) is 2.44. The van der Waals surface area contributed by atoms with Crippen LogP contribution in [0.4, 0.5) is 4.39 Å². The van der Waals surface area contributed by atoms with Crippen LogP contribution >= 0.6 is 0 Å². The summed E-state index contributed by atoms with van der Waals surface area (Å²) in [4.78, 5) is 24.0. The van der Waals surface area contributed by atoms with Gasteiger partial charge in [-0.15, -0.1) is 6.42 Å². The second-order valence-electron chi connectivity index (χ2n) is 5.35. The predicted molar refractivity (Wildman–Crippen MR) is 79.3 cm³/mol. The van der Waals surface area contributed by atoms with Crippen LogP contribution < -0.4 is 5.32 Å². The summed E-state index contributed by atoms with van der Waals surface area (Å²) in [5.74, 6) is 1.05. The number of hydrogen-bond donors (Lipinski definition) is 1. The Morgan fingerprint density at radius 3 is 2.50 bits per heavy atom. The third-order valence-electron chi connectivity index (χ3n) is 3.97. The summed E-state index contributed by atoms with van der Waals surface area (Å²) in [5.41, 5.74) is -0.0412. The molecule has 0 bridgehead atoms. The number of ether oxygens (including phenoxy) is 1. The second kappa shape index (κ2) is 7.08. The molecule has 0 unspecified atom stereocenters. The summed E-state index contributed by atoms with van der Waals surface area (Å²) in [6.07, 6.45) is 8.12. The van der Waals surface area contributed by atoms with Crippen LogP contribution in [0, 0.1) is 18.2 Å². The number of amides is 1. The van der Waals surface area contributed by atoms with Gasteiger partial charge in [-0.05, 0) is 30.5 Å². The Morgan fingerprint density at radius 1 is 1.27 bits per heavy atom. The van der Waals surface area contributed by atoms with E-state index in [0.717, 1.165) is 18.4 Å². The van der Waals surface area contributed by atoms with Gasteiger partial charge in [0, 0.05) is 0 Å². The van der Waals surface area contributed by atoms with Crippen LogP contribution in [0.2, 0.25) is 0 Å². The van der Waals surface area contributed by atoms with E-state index < -0.39 is 17.3 Å². The van der Waals surface area contributed by atoms with E-state index in [-0.39, 0.29) is 19.0 Å². The topological polar surface area (TPSA) is 55.4 Å². The molecule has 0 aromatic heterocycles. The molecular formula is C17H18FNO3. The maximum absolute atomic E-state index is 13.1. The maximum Gasteiger partial charge on any atom is 0.317 e. The summed E-state index contributed by atoms with van der Waals surface area (Å²) < 4.78 is 18.2. The number of esters is 1. The molecule has 5 heteroatoms. The normalized spacial score (nSPS) is 15.8. The second-order valence-corrected chi connectivity index (χ2v) is 5.35. The fourth-order valence-electron chi connectivity index (χ4n) is 2.83. The molecule has 2 rings (SSSR count). The molecule has 1 aliphatic rings. The lowest BCUT2D eigenvalue weighted by atomic mass is 9.79. The van der Waals surface area contributed by atoms with Crippen molar-refractivity contribution < 1.29 is 18.7 Å². The standard InChI is InChI=1S/C17H18FNO3/c1-2-11-19-15(20)12-22-16(21)17(9-3-4-10-17)13-5-7-14(18)8-6-13/h1,5-8H,3-4,9-12H2,(H,19,20). The number of rotatable bonds is 5. The molecule has 1 saturated carbocycles. The fraction of sp³-hybridized carbons (Fsp3) is 0.412. The Kier molecular flexibility index (Phi) is 5.16. The zero-order valence-corrected chi connectivity index (χ0v) is 12.2. The molecule has 1 amide bonds. The number of carbonyl (C=O) groups is 2. The average Bonchev–Trinajstić information content (AvgIpc) is 3.02. The van der Waals surface area contributed by atoms with Crippen LogP contribution in [-0.2, 0) is 19.7 Å². The van der Waals surface area contributed by atoms with Crippen molar-refractivity contribution >= 4 is 11.9 Å².